The van der Waals surface area contributed by atoms with Gasteiger partial charge in [0.05, 0.1) is 22.8 Å². The predicted octanol–water partition coefficient (Wildman–Crippen LogP) is 8.04. The molecule has 0 radical (unpaired) electrons. The molecule has 0 N–H and O–H groups in total. The Balaban J connectivity index is 2.58. The second-order valence-electron chi connectivity index (χ2n) is 9.23. The second kappa shape index (κ2) is 12.3. The molecule has 0 saturated carbocycles. The molecule has 4 heteroatoms. The first-order chi connectivity index (χ1) is 15.2. The third-order valence-electron chi connectivity index (χ3n) is 5.75. The van der Waals surface area contributed by atoms with Crippen LogP contribution in [0.5, 0.6) is 0 Å². The summed E-state index contributed by atoms with van der Waals surface area (Å²) in [6, 6.07) is 13.1. The quantitative estimate of drug-likeness (QED) is 0.252. The molecular formula is C28H42N2OSi. The van der Waals surface area contributed by atoms with Crippen LogP contribution in [0.25, 0.3) is 0 Å². The van der Waals surface area contributed by atoms with Crippen LogP contribution in [0.1, 0.15) is 63.3 Å². The summed E-state index contributed by atoms with van der Waals surface area (Å²) < 4.78 is 6.20. The Hall–Kier alpha value is -2.04. The molecule has 0 amide bonds. The highest BCUT2D eigenvalue weighted by atomic mass is 28.4. The van der Waals surface area contributed by atoms with Crippen molar-refractivity contribution in [3.05, 3.63) is 58.7 Å². The maximum Gasteiger partial charge on any atom is 0.183 e. The summed E-state index contributed by atoms with van der Waals surface area (Å²) in [5, 5.41) is 0. The summed E-state index contributed by atoms with van der Waals surface area (Å²) in [7, 11) is -1.58. The number of aryl methyl sites for hydroxylation is 4. The Bertz CT molecular complexity index is 910. The van der Waals surface area contributed by atoms with E-state index in [0.717, 1.165) is 54.9 Å². The van der Waals surface area contributed by atoms with Crippen molar-refractivity contribution in [2.45, 2.75) is 86.4 Å². The van der Waals surface area contributed by atoms with E-state index in [1.807, 2.05) is 0 Å². The maximum atomic E-state index is 6.20. The van der Waals surface area contributed by atoms with Gasteiger partial charge in [0.1, 0.15) is 0 Å². The molecular weight excluding hydrogens is 408 g/mol. The van der Waals surface area contributed by atoms with Gasteiger partial charge in [0, 0.05) is 13.0 Å². The van der Waals surface area contributed by atoms with Crippen molar-refractivity contribution in [2.24, 2.45) is 9.98 Å². The largest absolute Gasteiger partial charge is 0.417 e. The van der Waals surface area contributed by atoms with Gasteiger partial charge in [-0.15, -0.1) is 0 Å². The van der Waals surface area contributed by atoms with Crippen molar-refractivity contribution >= 4 is 31.1 Å². The highest BCUT2D eigenvalue weighted by molar-refractivity contribution is 6.69. The van der Waals surface area contributed by atoms with Gasteiger partial charge in [0.15, 0.2) is 8.32 Å². The highest BCUT2D eigenvalue weighted by Crippen LogP contribution is 2.29. The topological polar surface area (TPSA) is 34.0 Å². The Labute approximate surface area is 197 Å². The van der Waals surface area contributed by atoms with E-state index in [2.05, 4.69) is 90.7 Å². The van der Waals surface area contributed by atoms with Crippen LogP contribution in [-0.4, -0.2) is 26.3 Å². The van der Waals surface area contributed by atoms with Crippen molar-refractivity contribution in [2.75, 3.05) is 6.61 Å². The number of nitrogens with zero attached hydrogens (tertiary/aromatic N) is 2. The Kier molecular flexibility index (Phi) is 10.0. The van der Waals surface area contributed by atoms with Crippen LogP contribution in [0.3, 0.4) is 0 Å². The lowest BCUT2D eigenvalue weighted by Crippen LogP contribution is -2.27. The number of para-hydroxylation sites is 2. The molecule has 0 aliphatic rings. The molecule has 0 unspecified atom stereocenters. The first-order valence-corrected chi connectivity index (χ1v) is 15.6. The lowest BCUT2D eigenvalue weighted by atomic mass is 10.0. The average Bonchev–Trinajstić information content (AvgIpc) is 2.77. The highest BCUT2D eigenvalue weighted by Gasteiger charge is 2.16. The molecule has 2 rings (SSSR count). The summed E-state index contributed by atoms with van der Waals surface area (Å²) in [5.74, 6) is 0. The SMILES string of the molecule is CCc1cccc(CC)c1N=C(C)C(CCO[Si](C)(C)C)=Nc1c(CC)cccc1CC. The maximum absolute atomic E-state index is 6.20. The third-order valence-corrected chi connectivity index (χ3v) is 6.82. The summed E-state index contributed by atoms with van der Waals surface area (Å²) >= 11 is 0. The minimum Gasteiger partial charge on any atom is -0.417 e. The third kappa shape index (κ3) is 7.24. The zero-order chi connectivity index (χ0) is 23.7. The molecule has 0 atom stereocenters. The van der Waals surface area contributed by atoms with Gasteiger partial charge in [-0.3, -0.25) is 9.98 Å². The van der Waals surface area contributed by atoms with Crippen molar-refractivity contribution in [3.8, 4) is 0 Å². The molecule has 2 aromatic carbocycles. The number of benzene rings is 2. The van der Waals surface area contributed by atoms with Crippen LogP contribution in [0.2, 0.25) is 19.6 Å². The normalized spacial score (nSPS) is 13.0. The minimum atomic E-state index is -1.58. The summed E-state index contributed by atoms with van der Waals surface area (Å²) in [6.45, 7) is 18.3. The lowest BCUT2D eigenvalue weighted by molar-refractivity contribution is 0.323. The van der Waals surface area contributed by atoms with E-state index >= 15 is 0 Å². The zero-order valence-corrected chi connectivity index (χ0v) is 22.5. The summed E-state index contributed by atoms with van der Waals surface area (Å²) in [4.78, 5) is 10.4. The van der Waals surface area contributed by atoms with E-state index in [9.17, 15) is 0 Å². The fourth-order valence-electron chi connectivity index (χ4n) is 3.86. The summed E-state index contributed by atoms with van der Waals surface area (Å²) in [6.07, 6.45) is 4.67. The Morgan fingerprint density at radius 3 is 1.50 bits per heavy atom. The van der Waals surface area contributed by atoms with E-state index < -0.39 is 8.32 Å². The van der Waals surface area contributed by atoms with Crippen LogP contribution in [0, 0.1) is 0 Å². The van der Waals surface area contributed by atoms with Gasteiger partial charge in [-0.2, -0.15) is 0 Å². The Morgan fingerprint density at radius 1 is 0.719 bits per heavy atom. The fourth-order valence-corrected chi connectivity index (χ4v) is 4.57. The standard InChI is InChI=1S/C28H42N2OSi/c1-9-22-15-13-16-23(10-2)27(22)29-21(5)26(19-20-31-32(6,7)8)30-28-24(11-3)17-14-18-25(28)12-4/h13-18H,9-12,19-20H2,1-8H3. The van der Waals surface area contributed by atoms with Gasteiger partial charge in [0.25, 0.3) is 0 Å². The van der Waals surface area contributed by atoms with Gasteiger partial charge >= 0.3 is 0 Å². The molecule has 0 fully saturated rings. The molecule has 0 aliphatic carbocycles. The lowest BCUT2D eigenvalue weighted by Gasteiger charge is -2.18. The molecule has 0 heterocycles. The first-order valence-electron chi connectivity index (χ1n) is 12.2. The van der Waals surface area contributed by atoms with E-state index in [1.165, 1.54) is 22.3 Å². The molecule has 2 aromatic rings. The van der Waals surface area contributed by atoms with Crippen LogP contribution in [0.15, 0.2) is 46.4 Å². The molecule has 0 aromatic heterocycles. The van der Waals surface area contributed by atoms with Crippen LogP contribution < -0.4 is 0 Å². The van der Waals surface area contributed by atoms with Crippen molar-refractivity contribution < 1.29 is 4.43 Å². The molecule has 0 bridgehead atoms. The monoisotopic (exact) mass is 450 g/mol. The van der Waals surface area contributed by atoms with Crippen LogP contribution >= 0.6 is 0 Å². The molecule has 32 heavy (non-hydrogen) atoms. The van der Waals surface area contributed by atoms with E-state index in [-0.39, 0.29) is 0 Å². The zero-order valence-electron chi connectivity index (χ0n) is 21.5. The van der Waals surface area contributed by atoms with Crippen LogP contribution in [0.4, 0.5) is 11.4 Å². The summed E-state index contributed by atoms with van der Waals surface area (Å²) in [5.41, 5.74) is 9.45. The number of rotatable bonds is 11. The molecule has 0 saturated heterocycles. The van der Waals surface area contributed by atoms with E-state index in [0.29, 0.717) is 6.61 Å². The average molecular weight is 451 g/mol. The smallest absolute Gasteiger partial charge is 0.183 e. The van der Waals surface area contributed by atoms with Crippen LogP contribution in [-0.2, 0) is 30.1 Å². The minimum absolute atomic E-state index is 0.688. The van der Waals surface area contributed by atoms with Gasteiger partial charge in [-0.1, -0.05) is 64.1 Å². The molecule has 0 aliphatic heterocycles. The second-order valence-corrected chi connectivity index (χ2v) is 13.7. The number of aliphatic imine (C=N–C) groups is 2. The fraction of sp³-hybridized carbons (Fsp3) is 0.500. The van der Waals surface area contributed by atoms with E-state index in [1.54, 1.807) is 0 Å². The van der Waals surface area contributed by atoms with Crippen molar-refractivity contribution in [3.63, 3.8) is 0 Å². The molecule has 3 nitrogen and oxygen atoms in total. The first kappa shape index (κ1) is 26.2. The van der Waals surface area contributed by atoms with Crippen molar-refractivity contribution in [1.82, 2.24) is 0 Å². The van der Waals surface area contributed by atoms with Gasteiger partial charge in [0.2, 0.25) is 0 Å². The molecule has 174 valence electrons. The van der Waals surface area contributed by atoms with E-state index in [4.69, 9.17) is 14.4 Å². The number of hydrogen-bond donors (Lipinski definition) is 0. The Morgan fingerprint density at radius 2 is 1.12 bits per heavy atom. The van der Waals surface area contributed by atoms with Gasteiger partial charge in [-0.25, -0.2) is 0 Å². The van der Waals surface area contributed by atoms with Gasteiger partial charge in [-0.05, 0) is 74.5 Å². The predicted molar refractivity (Wildman–Crippen MR) is 144 cm³/mol. The van der Waals surface area contributed by atoms with Crippen molar-refractivity contribution in [1.29, 1.82) is 0 Å². The molecule has 0 spiro atoms. The number of hydrogen-bond acceptors (Lipinski definition) is 3. The van der Waals surface area contributed by atoms with Gasteiger partial charge < -0.3 is 4.43 Å².